The number of benzene rings is 3. The van der Waals surface area contributed by atoms with E-state index in [-0.39, 0.29) is 11.2 Å². The van der Waals surface area contributed by atoms with Crippen LogP contribution >= 0.6 is 11.6 Å². The Morgan fingerprint density at radius 1 is 0.941 bits per heavy atom. The van der Waals surface area contributed by atoms with Crippen LogP contribution in [-0.4, -0.2) is 35.3 Å². The van der Waals surface area contributed by atoms with Crippen LogP contribution in [0.15, 0.2) is 82.4 Å². The molecule has 34 heavy (non-hydrogen) atoms. The Morgan fingerprint density at radius 2 is 1.59 bits per heavy atom. The van der Waals surface area contributed by atoms with Gasteiger partial charge in [0.05, 0.1) is 29.2 Å². The van der Waals surface area contributed by atoms with Crippen molar-refractivity contribution >= 4 is 28.2 Å². The van der Waals surface area contributed by atoms with E-state index in [0.717, 1.165) is 43.0 Å². The quantitative estimate of drug-likeness (QED) is 0.477. The van der Waals surface area contributed by atoms with Crippen LogP contribution in [-0.2, 0) is 6.54 Å². The van der Waals surface area contributed by atoms with Crippen LogP contribution in [0.25, 0.3) is 10.9 Å². The topological polar surface area (TPSA) is 59.3 Å². The van der Waals surface area contributed by atoms with E-state index in [9.17, 15) is 9.59 Å². The number of rotatable bonds is 5. The molecule has 1 aromatic heterocycles. The van der Waals surface area contributed by atoms with E-state index in [0.29, 0.717) is 22.5 Å². The van der Waals surface area contributed by atoms with E-state index in [2.05, 4.69) is 10.2 Å². The molecule has 2 heterocycles. The maximum absolute atomic E-state index is 14.0. The highest BCUT2D eigenvalue weighted by Gasteiger charge is 2.24. The number of hydrogen-bond donors (Lipinski definition) is 1. The molecule has 1 fully saturated rings. The third-order valence-corrected chi connectivity index (χ3v) is 6.75. The van der Waals surface area contributed by atoms with E-state index in [1.54, 1.807) is 10.6 Å². The summed E-state index contributed by atoms with van der Waals surface area (Å²) < 4.78 is 3.07. The zero-order valence-electron chi connectivity index (χ0n) is 19.1. The van der Waals surface area contributed by atoms with E-state index >= 15 is 0 Å². The SMILES string of the molecule is C[C@H](c1ccccc1)n1c(=O)c2c(N3CCNCC3)cc(Cl)cc2n(Cc2ccccc2)c1=O. The maximum Gasteiger partial charge on any atom is 0.332 e. The molecule has 6 nitrogen and oxygen atoms in total. The van der Waals surface area contributed by atoms with Gasteiger partial charge in [-0.1, -0.05) is 72.3 Å². The van der Waals surface area contributed by atoms with Crippen molar-refractivity contribution in [2.45, 2.75) is 19.5 Å². The summed E-state index contributed by atoms with van der Waals surface area (Å²) in [6, 6.07) is 22.7. The number of anilines is 1. The zero-order valence-corrected chi connectivity index (χ0v) is 19.8. The number of hydrogen-bond acceptors (Lipinski definition) is 4. The van der Waals surface area contributed by atoms with Crippen molar-refractivity contribution < 1.29 is 0 Å². The molecule has 1 N–H and O–H groups in total. The van der Waals surface area contributed by atoms with Gasteiger partial charge in [-0.25, -0.2) is 4.79 Å². The predicted molar refractivity (Wildman–Crippen MR) is 138 cm³/mol. The maximum atomic E-state index is 14.0. The highest BCUT2D eigenvalue weighted by atomic mass is 35.5. The minimum atomic E-state index is -0.417. The third-order valence-electron chi connectivity index (χ3n) is 6.53. The summed E-state index contributed by atoms with van der Waals surface area (Å²) in [5.74, 6) is 0. The summed E-state index contributed by atoms with van der Waals surface area (Å²) in [5, 5.41) is 4.39. The number of nitrogens with zero attached hydrogens (tertiary/aromatic N) is 3. The smallest absolute Gasteiger partial charge is 0.332 e. The van der Waals surface area contributed by atoms with E-state index in [1.807, 2.05) is 73.7 Å². The molecular formula is C27H27ClN4O2. The standard InChI is InChI=1S/C27H27ClN4O2/c1-19(21-10-6-3-7-11-21)32-26(33)25-23(30-14-12-29-13-15-30)16-22(28)17-24(25)31(27(32)34)18-20-8-4-2-5-9-20/h2-11,16-17,19,29H,12-15,18H2,1H3/t19-/m1/s1. The first-order chi connectivity index (χ1) is 16.5. The second-order valence-corrected chi connectivity index (χ2v) is 9.11. The van der Waals surface area contributed by atoms with Crippen LogP contribution in [0.2, 0.25) is 5.02 Å². The van der Waals surface area contributed by atoms with Gasteiger partial charge >= 0.3 is 5.69 Å². The van der Waals surface area contributed by atoms with Crippen LogP contribution in [0.4, 0.5) is 5.69 Å². The summed E-state index contributed by atoms with van der Waals surface area (Å²) >= 11 is 6.55. The molecule has 0 bridgehead atoms. The Labute approximate surface area is 203 Å². The first kappa shape index (κ1) is 22.4. The molecule has 0 aliphatic carbocycles. The van der Waals surface area contributed by atoms with Crippen LogP contribution in [0, 0.1) is 0 Å². The molecule has 0 radical (unpaired) electrons. The van der Waals surface area contributed by atoms with Gasteiger partial charge in [-0.15, -0.1) is 0 Å². The van der Waals surface area contributed by atoms with Crippen molar-refractivity contribution in [1.82, 2.24) is 14.5 Å². The van der Waals surface area contributed by atoms with E-state index in [4.69, 9.17) is 11.6 Å². The van der Waals surface area contributed by atoms with Gasteiger partial charge in [0.25, 0.3) is 5.56 Å². The van der Waals surface area contributed by atoms with Crippen LogP contribution in [0.5, 0.6) is 0 Å². The first-order valence-electron chi connectivity index (χ1n) is 11.6. The van der Waals surface area contributed by atoms with E-state index < -0.39 is 6.04 Å². The molecule has 5 rings (SSSR count). The van der Waals surface area contributed by atoms with Crippen molar-refractivity contribution in [3.05, 3.63) is 110 Å². The van der Waals surface area contributed by atoms with Gasteiger partial charge in [0, 0.05) is 31.2 Å². The molecule has 1 aliphatic heterocycles. The molecule has 4 aromatic rings. The largest absolute Gasteiger partial charge is 0.368 e. The summed E-state index contributed by atoms with van der Waals surface area (Å²) in [7, 11) is 0. The number of nitrogens with one attached hydrogen (secondary N) is 1. The van der Waals surface area contributed by atoms with Crippen molar-refractivity contribution in [2.75, 3.05) is 31.1 Å². The molecule has 1 saturated heterocycles. The first-order valence-corrected chi connectivity index (χ1v) is 12.0. The average Bonchev–Trinajstić information content (AvgIpc) is 2.87. The lowest BCUT2D eigenvalue weighted by Gasteiger charge is -2.31. The molecule has 0 saturated carbocycles. The summed E-state index contributed by atoms with van der Waals surface area (Å²) in [6.07, 6.45) is 0. The van der Waals surface area contributed by atoms with Gasteiger partial charge in [0.2, 0.25) is 0 Å². The Morgan fingerprint density at radius 3 is 2.26 bits per heavy atom. The van der Waals surface area contributed by atoms with Gasteiger partial charge in [-0.2, -0.15) is 0 Å². The lowest BCUT2D eigenvalue weighted by Crippen LogP contribution is -2.45. The Bertz CT molecular complexity index is 1420. The second kappa shape index (κ2) is 9.49. The number of aromatic nitrogens is 2. The van der Waals surface area contributed by atoms with E-state index in [1.165, 1.54) is 4.57 Å². The van der Waals surface area contributed by atoms with Crippen LogP contribution in [0.3, 0.4) is 0 Å². The minimum absolute atomic E-state index is 0.286. The van der Waals surface area contributed by atoms with Gasteiger partial charge in [0.15, 0.2) is 0 Å². The number of halogens is 1. The van der Waals surface area contributed by atoms with Crippen LogP contribution in [0.1, 0.15) is 24.1 Å². The van der Waals surface area contributed by atoms with Crippen molar-refractivity contribution in [3.63, 3.8) is 0 Å². The molecule has 3 aromatic carbocycles. The molecule has 0 unspecified atom stereocenters. The molecule has 0 spiro atoms. The zero-order chi connectivity index (χ0) is 23.7. The van der Waals surface area contributed by atoms with Crippen molar-refractivity contribution in [2.24, 2.45) is 0 Å². The molecular weight excluding hydrogens is 448 g/mol. The lowest BCUT2D eigenvalue weighted by atomic mass is 10.1. The normalized spacial score (nSPS) is 14.9. The molecule has 174 valence electrons. The highest BCUT2D eigenvalue weighted by molar-refractivity contribution is 6.31. The van der Waals surface area contributed by atoms with Gasteiger partial charge in [0.1, 0.15) is 0 Å². The molecule has 1 aliphatic rings. The number of piperazine rings is 1. The Balaban J connectivity index is 1.82. The minimum Gasteiger partial charge on any atom is -0.368 e. The number of fused-ring (bicyclic) bond motifs is 1. The summed E-state index contributed by atoms with van der Waals surface area (Å²) in [4.78, 5) is 30.1. The van der Waals surface area contributed by atoms with Gasteiger partial charge in [-0.3, -0.25) is 13.9 Å². The van der Waals surface area contributed by atoms with Gasteiger partial charge < -0.3 is 10.2 Å². The van der Waals surface area contributed by atoms with Crippen LogP contribution < -0.4 is 21.5 Å². The highest BCUT2D eigenvalue weighted by Crippen LogP contribution is 2.29. The fraction of sp³-hybridized carbons (Fsp3) is 0.259. The fourth-order valence-corrected chi connectivity index (χ4v) is 4.95. The average molecular weight is 475 g/mol. The Hall–Kier alpha value is -3.35. The Kier molecular flexibility index (Phi) is 6.26. The molecule has 1 atom stereocenters. The summed E-state index contributed by atoms with van der Waals surface area (Å²) in [6.45, 7) is 5.43. The third kappa shape index (κ3) is 4.15. The lowest BCUT2D eigenvalue weighted by molar-refractivity contribution is 0.549. The van der Waals surface area contributed by atoms with Crippen molar-refractivity contribution in [3.8, 4) is 0 Å². The molecule has 7 heteroatoms. The second-order valence-electron chi connectivity index (χ2n) is 8.67. The predicted octanol–water partition coefficient (Wildman–Crippen LogP) is 3.88. The van der Waals surface area contributed by atoms with Crippen molar-refractivity contribution in [1.29, 1.82) is 0 Å². The molecule has 0 amide bonds. The van der Waals surface area contributed by atoms with Gasteiger partial charge in [-0.05, 0) is 30.2 Å². The monoisotopic (exact) mass is 474 g/mol. The fourth-order valence-electron chi connectivity index (χ4n) is 4.75. The summed E-state index contributed by atoms with van der Waals surface area (Å²) in [5.41, 5.74) is 2.61.